The predicted molar refractivity (Wildman–Crippen MR) is 125 cm³/mol. The van der Waals surface area contributed by atoms with E-state index >= 15 is 0 Å². The van der Waals surface area contributed by atoms with E-state index in [1.54, 1.807) is 6.07 Å². The molecule has 0 saturated carbocycles. The second kappa shape index (κ2) is 9.51. The van der Waals surface area contributed by atoms with E-state index in [0.717, 1.165) is 22.4 Å². The van der Waals surface area contributed by atoms with Gasteiger partial charge in [0.2, 0.25) is 15.9 Å². The first-order chi connectivity index (χ1) is 14.6. The number of hydrogen-bond acceptors (Lipinski definition) is 4. The lowest BCUT2D eigenvalue weighted by molar-refractivity contribution is -0.121. The molecule has 1 N–H and O–H groups in total. The van der Waals surface area contributed by atoms with Crippen molar-refractivity contribution in [2.24, 2.45) is 0 Å². The largest absolute Gasteiger partial charge is 0.324 e. The highest BCUT2D eigenvalue weighted by atomic mass is 32.2. The molecule has 0 radical (unpaired) electrons. The molecule has 6 nitrogen and oxygen atoms in total. The van der Waals surface area contributed by atoms with Crippen molar-refractivity contribution < 1.29 is 13.2 Å². The van der Waals surface area contributed by atoms with E-state index < -0.39 is 10.0 Å². The molecule has 1 aliphatic rings. The van der Waals surface area contributed by atoms with Crippen LogP contribution < -0.4 is 5.32 Å². The van der Waals surface area contributed by atoms with Gasteiger partial charge in [-0.2, -0.15) is 4.31 Å². The van der Waals surface area contributed by atoms with Crippen molar-refractivity contribution in [2.75, 3.05) is 31.5 Å². The Kier molecular flexibility index (Phi) is 7.19. The molecule has 168 valence electrons. The van der Waals surface area contributed by atoms with Crippen LogP contribution in [0.5, 0.6) is 0 Å². The van der Waals surface area contributed by atoms with Crippen LogP contribution in [0.2, 0.25) is 0 Å². The van der Waals surface area contributed by atoms with E-state index in [-0.39, 0.29) is 11.9 Å². The molecule has 1 aliphatic heterocycles. The first kappa shape index (κ1) is 23.4. The number of aryl methyl sites for hydroxylation is 2. The summed E-state index contributed by atoms with van der Waals surface area (Å²) in [6.45, 7) is 11.6. The average Bonchev–Trinajstić information content (AvgIpc) is 2.73. The van der Waals surface area contributed by atoms with Gasteiger partial charge < -0.3 is 5.32 Å². The third-order valence-corrected chi connectivity index (χ3v) is 8.05. The Morgan fingerprint density at radius 1 is 0.968 bits per heavy atom. The quantitative estimate of drug-likeness (QED) is 0.738. The number of carbonyl (C=O) groups excluding carboxylic acids is 1. The summed E-state index contributed by atoms with van der Waals surface area (Å²) in [5, 5.41) is 3.06. The van der Waals surface area contributed by atoms with Crippen LogP contribution in [0.25, 0.3) is 0 Å². The molecule has 3 rings (SSSR count). The lowest BCUT2D eigenvalue weighted by Gasteiger charge is -2.37. The second-order valence-corrected chi connectivity index (χ2v) is 10.5. The van der Waals surface area contributed by atoms with Gasteiger partial charge in [0.05, 0.1) is 10.9 Å². The Morgan fingerprint density at radius 2 is 1.61 bits per heavy atom. The van der Waals surface area contributed by atoms with Crippen molar-refractivity contribution in [1.29, 1.82) is 0 Å². The van der Waals surface area contributed by atoms with Gasteiger partial charge in [0, 0.05) is 31.9 Å². The van der Waals surface area contributed by atoms with Crippen molar-refractivity contribution in [3.05, 3.63) is 59.2 Å². The minimum Gasteiger partial charge on any atom is -0.324 e. The molecule has 1 heterocycles. The smallest absolute Gasteiger partial charge is 0.243 e. The fraction of sp³-hybridized carbons (Fsp3) is 0.458. The standard InChI is InChI=1S/C24H33N3O3S/c1-17(2)21-8-6-7-9-22(21)25-24(28)20(5)26-12-14-27(15-13-26)31(29,30)23-11-10-18(3)16-19(23)4/h6-11,16-17,20H,12-15H2,1-5H3,(H,25,28). The third kappa shape index (κ3) is 5.17. The van der Waals surface area contributed by atoms with Gasteiger partial charge in [-0.15, -0.1) is 0 Å². The number of para-hydroxylation sites is 1. The van der Waals surface area contributed by atoms with Crippen LogP contribution >= 0.6 is 0 Å². The normalized spacial score (nSPS) is 17.0. The molecule has 0 spiro atoms. The molecule has 1 unspecified atom stereocenters. The van der Waals surface area contributed by atoms with E-state index in [4.69, 9.17) is 0 Å². The number of nitrogens with one attached hydrogen (secondary N) is 1. The highest BCUT2D eigenvalue weighted by molar-refractivity contribution is 7.89. The molecule has 1 fully saturated rings. The van der Waals surface area contributed by atoms with Crippen molar-refractivity contribution >= 4 is 21.6 Å². The SMILES string of the molecule is Cc1ccc(S(=O)(=O)N2CCN(C(C)C(=O)Nc3ccccc3C(C)C)CC2)c(C)c1. The summed E-state index contributed by atoms with van der Waals surface area (Å²) >= 11 is 0. The zero-order valence-corrected chi connectivity index (χ0v) is 19.9. The first-order valence-corrected chi connectivity index (χ1v) is 12.3. The molecule has 1 atom stereocenters. The lowest BCUT2D eigenvalue weighted by atomic mass is 10.0. The van der Waals surface area contributed by atoms with Crippen LogP contribution in [0.15, 0.2) is 47.4 Å². The summed E-state index contributed by atoms with van der Waals surface area (Å²) in [5.41, 5.74) is 3.75. The number of rotatable bonds is 6. The van der Waals surface area contributed by atoms with E-state index in [1.807, 2.05) is 62.1 Å². The van der Waals surface area contributed by atoms with Gasteiger partial charge in [-0.25, -0.2) is 8.42 Å². The number of hydrogen-bond donors (Lipinski definition) is 1. The van der Waals surface area contributed by atoms with Gasteiger partial charge in [-0.05, 0) is 49.9 Å². The summed E-state index contributed by atoms with van der Waals surface area (Å²) in [5.74, 6) is 0.240. The first-order valence-electron chi connectivity index (χ1n) is 10.8. The minimum atomic E-state index is -3.54. The van der Waals surface area contributed by atoms with Crippen molar-refractivity contribution in [3.8, 4) is 0 Å². The Labute approximate surface area is 186 Å². The van der Waals surface area contributed by atoms with Crippen LogP contribution in [0.3, 0.4) is 0 Å². The molecular formula is C24H33N3O3S. The lowest BCUT2D eigenvalue weighted by Crippen LogP contribution is -2.54. The third-order valence-electron chi connectivity index (χ3n) is 5.99. The summed E-state index contributed by atoms with van der Waals surface area (Å²) in [6.07, 6.45) is 0. The molecular weight excluding hydrogens is 410 g/mol. The number of anilines is 1. The molecule has 0 aromatic heterocycles. The molecule has 0 aliphatic carbocycles. The number of nitrogens with zero attached hydrogens (tertiary/aromatic N) is 2. The zero-order chi connectivity index (χ0) is 22.8. The summed E-state index contributed by atoms with van der Waals surface area (Å²) in [6, 6.07) is 12.9. The molecule has 31 heavy (non-hydrogen) atoms. The minimum absolute atomic E-state index is 0.0706. The van der Waals surface area contributed by atoms with Crippen molar-refractivity contribution in [2.45, 2.75) is 51.5 Å². The van der Waals surface area contributed by atoms with E-state index in [9.17, 15) is 13.2 Å². The Balaban J connectivity index is 1.64. The fourth-order valence-corrected chi connectivity index (χ4v) is 5.70. The molecule has 7 heteroatoms. The Bertz CT molecular complexity index is 1040. The highest BCUT2D eigenvalue weighted by Gasteiger charge is 2.32. The Morgan fingerprint density at radius 3 is 2.23 bits per heavy atom. The molecule has 1 saturated heterocycles. The molecule has 2 aromatic carbocycles. The summed E-state index contributed by atoms with van der Waals surface area (Å²) < 4.78 is 27.7. The topological polar surface area (TPSA) is 69.7 Å². The van der Waals surface area contributed by atoms with Crippen LogP contribution in [0.4, 0.5) is 5.69 Å². The number of piperazine rings is 1. The summed E-state index contributed by atoms with van der Waals surface area (Å²) in [4.78, 5) is 15.3. The monoisotopic (exact) mass is 443 g/mol. The molecule has 0 bridgehead atoms. The van der Waals surface area contributed by atoms with Crippen LogP contribution in [0.1, 0.15) is 43.4 Å². The van der Waals surface area contributed by atoms with Crippen LogP contribution in [0, 0.1) is 13.8 Å². The second-order valence-electron chi connectivity index (χ2n) is 8.62. The van der Waals surface area contributed by atoms with Crippen LogP contribution in [-0.4, -0.2) is 55.8 Å². The van der Waals surface area contributed by atoms with E-state index in [2.05, 4.69) is 19.2 Å². The maximum atomic E-state index is 13.1. The van der Waals surface area contributed by atoms with Crippen LogP contribution in [-0.2, 0) is 14.8 Å². The van der Waals surface area contributed by atoms with Gasteiger partial charge in [0.15, 0.2) is 0 Å². The number of amides is 1. The number of benzene rings is 2. The van der Waals surface area contributed by atoms with Gasteiger partial charge >= 0.3 is 0 Å². The Hall–Kier alpha value is -2.22. The van der Waals surface area contributed by atoms with E-state index in [1.165, 1.54) is 4.31 Å². The maximum absolute atomic E-state index is 13.1. The van der Waals surface area contributed by atoms with Gasteiger partial charge in [-0.1, -0.05) is 49.7 Å². The van der Waals surface area contributed by atoms with Gasteiger partial charge in [0.1, 0.15) is 0 Å². The van der Waals surface area contributed by atoms with E-state index in [0.29, 0.717) is 37.0 Å². The zero-order valence-electron chi connectivity index (χ0n) is 19.1. The summed E-state index contributed by atoms with van der Waals surface area (Å²) in [7, 11) is -3.54. The average molecular weight is 444 g/mol. The molecule has 2 aromatic rings. The highest BCUT2D eigenvalue weighted by Crippen LogP contribution is 2.25. The van der Waals surface area contributed by atoms with Gasteiger partial charge in [-0.3, -0.25) is 9.69 Å². The van der Waals surface area contributed by atoms with Gasteiger partial charge in [0.25, 0.3) is 0 Å². The van der Waals surface area contributed by atoms with Crippen molar-refractivity contribution in [3.63, 3.8) is 0 Å². The fourth-order valence-electron chi connectivity index (χ4n) is 4.08. The maximum Gasteiger partial charge on any atom is 0.243 e. The number of sulfonamides is 1. The number of carbonyl (C=O) groups is 1. The van der Waals surface area contributed by atoms with Crippen molar-refractivity contribution in [1.82, 2.24) is 9.21 Å². The molecule has 1 amide bonds. The predicted octanol–water partition coefficient (Wildman–Crippen LogP) is 3.76.